The van der Waals surface area contributed by atoms with Crippen LogP contribution in [0.4, 0.5) is 14.5 Å². The Bertz CT molecular complexity index is 473. The van der Waals surface area contributed by atoms with Crippen LogP contribution in [0.3, 0.4) is 0 Å². The van der Waals surface area contributed by atoms with Crippen molar-refractivity contribution in [2.24, 2.45) is 11.8 Å². The maximum Gasteiger partial charge on any atom is 0.224 e. The molecule has 1 saturated heterocycles. The minimum Gasteiger partial charge on any atom is -0.324 e. The van der Waals surface area contributed by atoms with Crippen molar-refractivity contribution < 1.29 is 13.6 Å². The summed E-state index contributed by atoms with van der Waals surface area (Å²) in [6.45, 7) is 4.01. The van der Waals surface area contributed by atoms with E-state index in [-0.39, 0.29) is 17.5 Å². The van der Waals surface area contributed by atoms with Crippen molar-refractivity contribution in [1.29, 1.82) is 0 Å². The zero-order valence-electron chi connectivity index (χ0n) is 11.6. The molecule has 2 unspecified atom stereocenters. The first-order valence-electron chi connectivity index (χ1n) is 7.02. The smallest absolute Gasteiger partial charge is 0.224 e. The fourth-order valence-electron chi connectivity index (χ4n) is 2.62. The summed E-state index contributed by atoms with van der Waals surface area (Å²) >= 11 is 0. The van der Waals surface area contributed by atoms with Crippen LogP contribution < -0.4 is 10.6 Å². The Labute approximate surface area is 117 Å². The maximum atomic E-state index is 13.4. The number of halogens is 2. The maximum absolute atomic E-state index is 13.4. The van der Waals surface area contributed by atoms with E-state index in [9.17, 15) is 13.6 Å². The molecule has 0 bridgehead atoms. The number of nitrogens with one attached hydrogen (secondary N) is 2. The number of amides is 1. The van der Waals surface area contributed by atoms with Gasteiger partial charge in [0.25, 0.3) is 0 Å². The van der Waals surface area contributed by atoms with Gasteiger partial charge >= 0.3 is 0 Å². The Hall–Kier alpha value is -1.49. The third-order valence-electron chi connectivity index (χ3n) is 3.85. The largest absolute Gasteiger partial charge is 0.324 e. The molecule has 2 rings (SSSR count). The topological polar surface area (TPSA) is 41.1 Å². The molecule has 1 aliphatic rings. The van der Waals surface area contributed by atoms with E-state index >= 15 is 0 Å². The number of piperidine rings is 1. The van der Waals surface area contributed by atoms with E-state index in [4.69, 9.17) is 0 Å². The second kappa shape index (κ2) is 6.79. The molecule has 0 saturated carbocycles. The Morgan fingerprint density at radius 3 is 2.95 bits per heavy atom. The van der Waals surface area contributed by atoms with Gasteiger partial charge in [-0.2, -0.15) is 0 Å². The Morgan fingerprint density at radius 1 is 1.50 bits per heavy atom. The monoisotopic (exact) mass is 282 g/mol. The predicted molar refractivity (Wildman–Crippen MR) is 74.4 cm³/mol. The summed E-state index contributed by atoms with van der Waals surface area (Å²) in [6, 6.07) is 3.15. The highest BCUT2D eigenvalue weighted by Gasteiger charge is 2.22. The van der Waals surface area contributed by atoms with Crippen molar-refractivity contribution in [2.45, 2.75) is 26.2 Å². The molecule has 20 heavy (non-hydrogen) atoms. The van der Waals surface area contributed by atoms with Crippen molar-refractivity contribution in [2.75, 3.05) is 18.4 Å². The zero-order valence-corrected chi connectivity index (χ0v) is 11.6. The summed E-state index contributed by atoms with van der Waals surface area (Å²) in [5.41, 5.74) is 0.0327. The van der Waals surface area contributed by atoms with Crippen LogP contribution in [0.2, 0.25) is 0 Å². The lowest BCUT2D eigenvalue weighted by Crippen LogP contribution is -2.34. The van der Waals surface area contributed by atoms with Gasteiger partial charge in [-0.25, -0.2) is 8.78 Å². The quantitative estimate of drug-likeness (QED) is 0.891. The molecule has 0 aliphatic carbocycles. The lowest BCUT2D eigenvalue weighted by molar-refractivity contribution is -0.117. The summed E-state index contributed by atoms with van der Waals surface area (Å²) in [5.74, 6) is -0.903. The van der Waals surface area contributed by atoms with Gasteiger partial charge in [0.15, 0.2) is 0 Å². The van der Waals surface area contributed by atoms with Gasteiger partial charge in [0.05, 0.1) is 5.69 Å². The van der Waals surface area contributed by atoms with Gasteiger partial charge in [-0.15, -0.1) is 0 Å². The predicted octanol–water partition coefficient (Wildman–Crippen LogP) is 2.93. The molecule has 3 nitrogen and oxygen atoms in total. The van der Waals surface area contributed by atoms with Crippen LogP contribution in [0.15, 0.2) is 18.2 Å². The third-order valence-corrected chi connectivity index (χ3v) is 3.85. The highest BCUT2D eigenvalue weighted by Crippen LogP contribution is 2.23. The second-order valence-corrected chi connectivity index (χ2v) is 5.46. The minimum absolute atomic E-state index is 0.0327. The van der Waals surface area contributed by atoms with Gasteiger partial charge in [0.2, 0.25) is 5.91 Å². The number of rotatable bonds is 4. The molecule has 0 radical (unpaired) electrons. The molecule has 1 heterocycles. The fraction of sp³-hybridized carbons (Fsp3) is 0.533. The summed E-state index contributed by atoms with van der Waals surface area (Å²) in [7, 11) is 0. The van der Waals surface area contributed by atoms with Gasteiger partial charge in [-0.05, 0) is 49.9 Å². The lowest BCUT2D eigenvalue weighted by atomic mass is 9.85. The van der Waals surface area contributed by atoms with Gasteiger partial charge in [-0.1, -0.05) is 6.92 Å². The van der Waals surface area contributed by atoms with E-state index in [0.717, 1.165) is 38.1 Å². The Balaban J connectivity index is 1.88. The second-order valence-electron chi connectivity index (χ2n) is 5.46. The molecule has 1 aromatic carbocycles. The molecule has 1 amide bonds. The van der Waals surface area contributed by atoms with E-state index in [1.807, 2.05) is 6.92 Å². The number of carbonyl (C=O) groups is 1. The third kappa shape index (κ3) is 4.00. The highest BCUT2D eigenvalue weighted by atomic mass is 19.1. The molecule has 1 aromatic rings. The average Bonchev–Trinajstić information content (AvgIpc) is 2.43. The molecular formula is C15H20F2N2O. The first kappa shape index (κ1) is 14.9. The number of hydrogen-bond donors (Lipinski definition) is 2. The summed E-state index contributed by atoms with van der Waals surface area (Å²) in [5, 5.41) is 5.83. The van der Waals surface area contributed by atoms with E-state index < -0.39 is 11.6 Å². The Kier molecular flexibility index (Phi) is 5.06. The van der Waals surface area contributed by atoms with Crippen molar-refractivity contribution >= 4 is 11.6 Å². The fourth-order valence-corrected chi connectivity index (χ4v) is 2.62. The standard InChI is InChI=1S/C15H20F2N2O/c1-10(11-3-2-6-18-9-11)7-15(20)19-14-5-4-12(16)8-13(14)17/h4-5,8,10-11,18H,2-3,6-7,9H2,1H3,(H,19,20). The van der Waals surface area contributed by atoms with Crippen LogP contribution in [-0.2, 0) is 4.79 Å². The van der Waals surface area contributed by atoms with Crippen molar-refractivity contribution in [3.63, 3.8) is 0 Å². The average molecular weight is 282 g/mol. The normalized spacial score (nSPS) is 20.4. The number of hydrogen-bond acceptors (Lipinski definition) is 2. The molecule has 110 valence electrons. The van der Waals surface area contributed by atoms with Crippen LogP contribution in [0.5, 0.6) is 0 Å². The van der Waals surface area contributed by atoms with Gasteiger partial charge in [0, 0.05) is 12.5 Å². The lowest BCUT2D eigenvalue weighted by Gasteiger charge is -2.28. The number of anilines is 1. The molecule has 2 atom stereocenters. The van der Waals surface area contributed by atoms with Crippen LogP contribution in [-0.4, -0.2) is 19.0 Å². The molecule has 5 heteroatoms. The molecule has 2 N–H and O–H groups in total. The summed E-state index contributed by atoms with van der Waals surface area (Å²) in [6.07, 6.45) is 2.60. The molecule has 1 fully saturated rings. The van der Waals surface area contributed by atoms with Crippen molar-refractivity contribution in [1.82, 2.24) is 5.32 Å². The molecule has 0 aromatic heterocycles. The van der Waals surface area contributed by atoms with Crippen molar-refractivity contribution in [3.05, 3.63) is 29.8 Å². The minimum atomic E-state index is -0.745. The van der Waals surface area contributed by atoms with Gasteiger partial charge in [0.1, 0.15) is 11.6 Å². The van der Waals surface area contributed by atoms with E-state index in [1.54, 1.807) is 0 Å². The summed E-state index contributed by atoms with van der Waals surface area (Å²) < 4.78 is 26.2. The van der Waals surface area contributed by atoms with Crippen LogP contribution in [0, 0.1) is 23.5 Å². The van der Waals surface area contributed by atoms with E-state index in [2.05, 4.69) is 10.6 Å². The van der Waals surface area contributed by atoms with E-state index in [1.165, 1.54) is 6.07 Å². The molecular weight excluding hydrogens is 262 g/mol. The number of carbonyl (C=O) groups excluding carboxylic acids is 1. The first-order valence-corrected chi connectivity index (χ1v) is 7.02. The zero-order chi connectivity index (χ0) is 14.5. The molecule has 0 spiro atoms. The Morgan fingerprint density at radius 2 is 2.30 bits per heavy atom. The first-order chi connectivity index (χ1) is 9.56. The van der Waals surface area contributed by atoms with Crippen LogP contribution in [0.25, 0.3) is 0 Å². The molecule has 1 aliphatic heterocycles. The SMILES string of the molecule is CC(CC(=O)Nc1ccc(F)cc1F)C1CCCNC1. The van der Waals surface area contributed by atoms with Crippen molar-refractivity contribution in [3.8, 4) is 0 Å². The summed E-state index contributed by atoms with van der Waals surface area (Å²) in [4.78, 5) is 11.9. The number of benzene rings is 1. The van der Waals surface area contributed by atoms with Gasteiger partial charge in [-0.3, -0.25) is 4.79 Å². The van der Waals surface area contributed by atoms with E-state index in [0.29, 0.717) is 12.3 Å². The van der Waals surface area contributed by atoms with Gasteiger partial charge < -0.3 is 10.6 Å². The van der Waals surface area contributed by atoms with Crippen LogP contribution in [0.1, 0.15) is 26.2 Å². The van der Waals surface area contributed by atoms with Crippen LogP contribution >= 0.6 is 0 Å². The highest BCUT2D eigenvalue weighted by molar-refractivity contribution is 5.90.